The molecule has 1 aromatic carbocycles. The Labute approximate surface area is 107 Å². The molecule has 1 aliphatic carbocycles. The molecular weight excluding hydrogens is 231 g/mol. The van der Waals surface area contributed by atoms with Gasteiger partial charge in [0.05, 0.1) is 5.41 Å². The summed E-state index contributed by atoms with van der Waals surface area (Å²) in [5, 5.41) is 3.32. The standard InChI is InChI=1S/C14H19FN2O/c1-14(2,13(16)18)8-17-12-6-4-9-3-5-10(15)7-11(9)12/h3,5,7,12,17H,4,6,8H2,1-2H3,(H2,16,18). The molecule has 0 spiro atoms. The Morgan fingerprint density at radius 3 is 2.94 bits per heavy atom. The fourth-order valence-corrected chi connectivity index (χ4v) is 2.25. The lowest BCUT2D eigenvalue weighted by molar-refractivity contribution is -0.125. The van der Waals surface area contributed by atoms with Crippen LogP contribution in [-0.4, -0.2) is 12.5 Å². The zero-order valence-electron chi connectivity index (χ0n) is 10.8. The fraction of sp³-hybridized carbons (Fsp3) is 0.500. The molecule has 1 atom stereocenters. The van der Waals surface area contributed by atoms with Crippen LogP contribution >= 0.6 is 0 Å². The van der Waals surface area contributed by atoms with Crippen LogP contribution in [0.15, 0.2) is 18.2 Å². The lowest BCUT2D eigenvalue weighted by Crippen LogP contribution is -2.41. The van der Waals surface area contributed by atoms with Crippen molar-refractivity contribution in [3.63, 3.8) is 0 Å². The number of primary amides is 1. The van der Waals surface area contributed by atoms with Crippen molar-refractivity contribution in [2.24, 2.45) is 11.1 Å². The number of hydrogen-bond acceptors (Lipinski definition) is 2. The van der Waals surface area contributed by atoms with Crippen LogP contribution in [0.4, 0.5) is 4.39 Å². The van der Waals surface area contributed by atoms with Crippen LogP contribution in [0.2, 0.25) is 0 Å². The molecule has 0 aromatic heterocycles. The number of benzene rings is 1. The van der Waals surface area contributed by atoms with E-state index in [4.69, 9.17) is 5.73 Å². The molecule has 0 bridgehead atoms. The molecule has 0 saturated carbocycles. The second-order valence-electron chi connectivity index (χ2n) is 5.56. The van der Waals surface area contributed by atoms with E-state index >= 15 is 0 Å². The van der Waals surface area contributed by atoms with Crippen molar-refractivity contribution < 1.29 is 9.18 Å². The average molecular weight is 250 g/mol. The highest BCUT2D eigenvalue weighted by Crippen LogP contribution is 2.32. The summed E-state index contributed by atoms with van der Waals surface area (Å²) < 4.78 is 13.2. The normalized spacial score (nSPS) is 18.7. The summed E-state index contributed by atoms with van der Waals surface area (Å²) in [5.74, 6) is -0.538. The molecule has 0 aliphatic heterocycles. The van der Waals surface area contributed by atoms with Gasteiger partial charge in [-0.25, -0.2) is 4.39 Å². The second kappa shape index (κ2) is 4.69. The van der Waals surface area contributed by atoms with E-state index in [1.54, 1.807) is 6.07 Å². The molecule has 1 aromatic rings. The molecule has 0 heterocycles. The van der Waals surface area contributed by atoms with E-state index < -0.39 is 5.41 Å². The Morgan fingerprint density at radius 2 is 2.28 bits per heavy atom. The van der Waals surface area contributed by atoms with E-state index in [2.05, 4.69) is 5.32 Å². The maximum absolute atomic E-state index is 13.2. The Balaban J connectivity index is 2.06. The van der Waals surface area contributed by atoms with Gasteiger partial charge in [0, 0.05) is 12.6 Å². The van der Waals surface area contributed by atoms with Crippen LogP contribution in [0.3, 0.4) is 0 Å². The van der Waals surface area contributed by atoms with Crippen molar-refractivity contribution in [2.45, 2.75) is 32.7 Å². The third-order valence-electron chi connectivity index (χ3n) is 3.64. The molecule has 0 radical (unpaired) electrons. The van der Waals surface area contributed by atoms with Crippen molar-refractivity contribution in [2.75, 3.05) is 6.54 Å². The number of aryl methyl sites for hydroxylation is 1. The van der Waals surface area contributed by atoms with Gasteiger partial charge in [-0.1, -0.05) is 6.07 Å². The number of carbonyl (C=O) groups excluding carboxylic acids is 1. The smallest absolute Gasteiger partial charge is 0.224 e. The first kappa shape index (κ1) is 13.0. The number of halogens is 1. The van der Waals surface area contributed by atoms with E-state index in [1.165, 1.54) is 11.6 Å². The van der Waals surface area contributed by atoms with Gasteiger partial charge in [-0.05, 0) is 49.9 Å². The van der Waals surface area contributed by atoms with Gasteiger partial charge in [0.25, 0.3) is 0 Å². The number of rotatable bonds is 4. The maximum Gasteiger partial charge on any atom is 0.224 e. The highest BCUT2D eigenvalue weighted by Gasteiger charge is 2.28. The van der Waals surface area contributed by atoms with E-state index in [9.17, 15) is 9.18 Å². The van der Waals surface area contributed by atoms with Gasteiger partial charge in [0.2, 0.25) is 5.91 Å². The SMILES string of the molecule is CC(C)(CNC1CCc2ccc(F)cc21)C(N)=O. The predicted molar refractivity (Wildman–Crippen MR) is 68.4 cm³/mol. The van der Waals surface area contributed by atoms with E-state index in [0.717, 1.165) is 18.4 Å². The lowest BCUT2D eigenvalue weighted by atomic mass is 9.92. The molecule has 3 nitrogen and oxygen atoms in total. The minimum Gasteiger partial charge on any atom is -0.369 e. The molecular formula is C14H19FN2O. The first-order valence-electron chi connectivity index (χ1n) is 6.22. The fourth-order valence-electron chi connectivity index (χ4n) is 2.25. The van der Waals surface area contributed by atoms with Gasteiger partial charge in [0.1, 0.15) is 5.82 Å². The summed E-state index contributed by atoms with van der Waals surface area (Å²) in [6, 6.07) is 5.03. The molecule has 3 N–H and O–H groups in total. The van der Waals surface area contributed by atoms with Crippen molar-refractivity contribution in [3.8, 4) is 0 Å². The monoisotopic (exact) mass is 250 g/mol. The van der Waals surface area contributed by atoms with Crippen LogP contribution in [0.25, 0.3) is 0 Å². The number of hydrogen-bond donors (Lipinski definition) is 2. The average Bonchev–Trinajstić information content (AvgIpc) is 2.68. The van der Waals surface area contributed by atoms with Gasteiger partial charge >= 0.3 is 0 Å². The zero-order valence-corrected chi connectivity index (χ0v) is 10.8. The summed E-state index contributed by atoms with van der Waals surface area (Å²) in [7, 11) is 0. The summed E-state index contributed by atoms with van der Waals surface area (Å²) in [6.07, 6.45) is 1.89. The largest absolute Gasteiger partial charge is 0.369 e. The Bertz CT molecular complexity index is 471. The molecule has 98 valence electrons. The Kier molecular flexibility index (Phi) is 3.39. The van der Waals surface area contributed by atoms with Crippen molar-refractivity contribution >= 4 is 5.91 Å². The number of amides is 1. The van der Waals surface area contributed by atoms with E-state index in [1.807, 2.05) is 19.9 Å². The summed E-state index contributed by atoms with van der Waals surface area (Å²) in [5.41, 5.74) is 6.94. The highest BCUT2D eigenvalue weighted by atomic mass is 19.1. The van der Waals surface area contributed by atoms with Gasteiger partial charge in [-0.2, -0.15) is 0 Å². The first-order chi connectivity index (χ1) is 8.40. The minimum atomic E-state index is -0.587. The van der Waals surface area contributed by atoms with Crippen LogP contribution in [0.5, 0.6) is 0 Å². The topological polar surface area (TPSA) is 55.1 Å². The van der Waals surface area contributed by atoms with Crippen LogP contribution in [0, 0.1) is 11.2 Å². The van der Waals surface area contributed by atoms with Crippen LogP contribution < -0.4 is 11.1 Å². The third kappa shape index (κ3) is 2.53. The number of nitrogens with two attached hydrogens (primary N) is 1. The minimum absolute atomic E-state index is 0.120. The van der Waals surface area contributed by atoms with E-state index in [0.29, 0.717) is 6.54 Å². The predicted octanol–water partition coefficient (Wildman–Crippen LogP) is 1.91. The van der Waals surface area contributed by atoms with Gasteiger partial charge < -0.3 is 11.1 Å². The van der Waals surface area contributed by atoms with E-state index in [-0.39, 0.29) is 17.8 Å². The van der Waals surface area contributed by atoms with Crippen molar-refractivity contribution in [3.05, 3.63) is 35.1 Å². The van der Waals surface area contributed by atoms with Crippen LogP contribution in [-0.2, 0) is 11.2 Å². The van der Waals surface area contributed by atoms with Gasteiger partial charge in [-0.15, -0.1) is 0 Å². The third-order valence-corrected chi connectivity index (χ3v) is 3.64. The zero-order chi connectivity index (χ0) is 13.3. The van der Waals surface area contributed by atoms with Crippen molar-refractivity contribution in [1.82, 2.24) is 5.32 Å². The Hall–Kier alpha value is -1.42. The first-order valence-corrected chi connectivity index (χ1v) is 6.22. The molecule has 4 heteroatoms. The number of fused-ring (bicyclic) bond motifs is 1. The van der Waals surface area contributed by atoms with Gasteiger partial charge in [0.15, 0.2) is 0 Å². The summed E-state index contributed by atoms with van der Waals surface area (Å²) in [4.78, 5) is 11.2. The summed E-state index contributed by atoms with van der Waals surface area (Å²) in [6.45, 7) is 4.12. The lowest BCUT2D eigenvalue weighted by Gasteiger charge is -2.24. The quantitative estimate of drug-likeness (QED) is 0.857. The molecule has 18 heavy (non-hydrogen) atoms. The summed E-state index contributed by atoms with van der Waals surface area (Å²) >= 11 is 0. The number of nitrogens with one attached hydrogen (secondary N) is 1. The van der Waals surface area contributed by atoms with Crippen molar-refractivity contribution in [1.29, 1.82) is 0 Å². The second-order valence-corrected chi connectivity index (χ2v) is 5.56. The van der Waals surface area contributed by atoms with Gasteiger partial charge in [-0.3, -0.25) is 4.79 Å². The number of carbonyl (C=O) groups is 1. The molecule has 0 saturated heterocycles. The molecule has 0 fully saturated rings. The molecule has 1 unspecified atom stereocenters. The highest BCUT2D eigenvalue weighted by molar-refractivity contribution is 5.80. The maximum atomic E-state index is 13.2. The van der Waals surface area contributed by atoms with Crippen LogP contribution in [0.1, 0.15) is 37.4 Å². The Morgan fingerprint density at radius 1 is 1.56 bits per heavy atom. The molecule has 2 rings (SSSR count). The molecule has 1 amide bonds. The molecule has 1 aliphatic rings.